The van der Waals surface area contributed by atoms with Gasteiger partial charge in [0, 0.05) is 12.3 Å². The molecule has 9 heteroatoms. The molecular formula is C12H13F3N2O3S. The van der Waals surface area contributed by atoms with Crippen molar-refractivity contribution in [2.45, 2.75) is 12.4 Å². The summed E-state index contributed by atoms with van der Waals surface area (Å²) in [5.41, 5.74) is -3.78. The Labute approximate surface area is 122 Å². The van der Waals surface area contributed by atoms with Gasteiger partial charge in [0.05, 0.1) is 11.3 Å². The van der Waals surface area contributed by atoms with Gasteiger partial charge in [-0.15, -0.1) is 0 Å². The minimum atomic E-state index is -4.34. The Morgan fingerprint density at radius 1 is 1.33 bits per heavy atom. The van der Waals surface area contributed by atoms with Gasteiger partial charge >= 0.3 is 17.5 Å². The molecule has 0 saturated carbocycles. The molecule has 0 aliphatic carbocycles. The summed E-state index contributed by atoms with van der Waals surface area (Å²) in [6.07, 6.45) is 0. The van der Waals surface area contributed by atoms with Crippen LogP contribution in [0.25, 0.3) is 0 Å². The lowest BCUT2D eigenvalue weighted by Gasteiger charge is -2.12. The molecule has 1 rings (SSSR count). The van der Waals surface area contributed by atoms with Crippen LogP contribution in [0.3, 0.4) is 0 Å². The quantitative estimate of drug-likeness (QED) is 0.728. The van der Waals surface area contributed by atoms with E-state index in [0.29, 0.717) is 5.56 Å². The number of para-hydroxylation sites is 1. The number of aryl methyl sites for hydroxylation is 1. The molecule has 0 unspecified atom stereocenters. The molecule has 2 amide bonds. The molecule has 5 nitrogen and oxygen atoms in total. The SMILES string of the molecule is Cc1cccc(C(=O)O)c1NC(=O)NCCSC(F)(F)F. The predicted octanol–water partition coefficient (Wildman–Crippen LogP) is 3.07. The minimum Gasteiger partial charge on any atom is -0.478 e. The molecule has 0 aromatic heterocycles. The van der Waals surface area contributed by atoms with Crippen LogP contribution in [0.2, 0.25) is 0 Å². The van der Waals surface area contributed by atoms with Gasteiger partial charge in [-0.2, -0.15) is 13.2 Å². The number of rotatable bonds is 5. The number of amides is 2. The van der Waals surface area contributed by atoms with Crippen LogP contribution in [0.4, 0.5) is 23.7 Å². The molecule has 21 heavy (non-hydrogen) atoms. The fourth-order valence-corrected chi connectivity index (χ4v) is 1.94. The maximum atomic E-state index is 11.9. The Kier molecular flexibility index (Phi) is 5.89. The molecule has 0 fully saturated rings. The lowest BCUT2D eigenvalue weighted by Crippen LogP contribution is -2.31. The number of aromatic carboxylic acids is 1. The Morgan fingerprint density at radius 3 is 2.57 bits per heavy atom. The van der Waals surface area contributed by atoms with Crippen LogP contribution in [0.15, 0.2) is 18.2 Å². The highest BCUT2D eigenvalue weighted by Gasteiger charge is 2.27. The normalized spacial score (nSPS) is 11.0. The molecular weight excluding hydrogens is 309 g/mol. The summed E-state index contributed by atoms with van der Waals surface area (Å²) < 4.78 is 35.7. The third kappa shape index (κ3) is 5.94. The first-order valence-electron chi connectivity index (χ1n) is 5.79. The zero-order valence-electron chi connectivity index (χ0n) is 11.0. The second-order valence-corrected chi connectivity index (χ2v) is 5.14. The largest absolute Gasteiger partial charge is 0.478 e. The lowest BCUT2D eigenvalue weighted by atomic mass is 10.1. The van der Waals surface area contributed by atoms with E-state index in [0.717, 1.165) is 0 Å². The number of carbonyl (C=O) groups excluding carboxylic acids is 1. The number of urea groups is 1. The molecule has 0 spiro atoms. The van der Waals surface area contributed by atoms with Gasteiger partial charge in [0.2, 0.25) is 0 Å². The number of carboxylic acid groups (broad SMARTS) is 1. The first-order valence-corrected chi connectivity index (χ1v) is 6.77. The highest BCUT2D eigenvalue weighted by Crippen LogP contribution is 2.29. The molecule has 1 aromatic carbocycles. The fraction of sp³-hybridized carbons (Fsp3) is 0.333. The van der Waals surface area contributed by atoms with Gasteiger partial charge in [-0.3, -0.25) is 0 Å². The zero-order chi connectivity index (χ0) is 16.0. The summed E-state index contributed by atoms with van der Waals surface area (Å²) >= 11 is -0.244. The van der Waals surface area contributed by atoms with E-state index in [-0.39, 0.29) is 35.3 Å². The number of anilines is 1. The molecule has 0 aliphatic heterocycles. The number of nitrogens with one attached hydrogen (secondary N) is 2. The van der Waals surface area contributed by atoms with Gasteiger partial charge in [-0.25, -0.2) is 9.59 Å². The standard InChI is InChI=1S/C12H13F3N2O3S/c1-7-3-2-4-8(10(18)19)9(7)17-11(20)16-5-6-21-12(13,14)15/h2-4H,5-6H2,1H3,(H,18,19)(H2,16,17,20). The molecule has 0 heterocycles. The van der Waals surface area contributed by atoms with Crippen LogP contribution < -0.4 is 10.6 Å². The van der Waals surface area contributed by atoms with Gasteiger partial charge in [0.1, 0.15) is 0 Å². The summed E-state index contributed by atoms with van der Waals surface area (Å²) in [6.45, 7) is 1.42. The van der Waals surface area contributed by atoms with Crippen LogP contribution in [-0.2, 0) is 0 Å². The number of benzene rings is 1. The van der Waals surface area contributed by atoms with Crippen molar-refractivity contribution in [2.24, 2.45) is 0 Å². The van der Waals surface area contributed by atoms with E-state index in [1.165, 1.54) is 12.1 Å². The number of carboxylic acids is 1. The topological polar surface area (TPSA) is 78.4 Å². The third-order valence-corrected chi connectivity index (χ3v) is 3.13. The van der Waals surface area contributed by atoms with Crippen molar-refractivity contribution in [1.82, 2.24) is 5.32 Å². The Hall–Kier alpha value is -1.90. The molecule has 0 aliphatic rings. The van der Waals surface area contributed by atoms with Crippen LogP contribution in [-0.4, -0.2) is 34.9 Å². The van der Waals surface area contributed by atoms with Gasteiger partial charge in [-0.1, -0.05) is 12.1 Å². The average Bonchev–Trinajstić information content (AvgIpc) is 2.35. The van der Waals surface area contributed by atoms with E-state index in [1.54, 1.807) is 13.0 Å². The Bertz CT molecular complexity index is 535. The molecule has 1 aromatic rings. The third-order valence-electron chi connectivity index (χ3n) is 2.40. The van der Waals surface area contributed by atoms with Crippen molar-refractivity contribution >= 4 is 29.4 Å². The number of thioether (sulfide) groups is 1. The van der Waals surface area contributed by atoms with E-state index in [4.69, 9.17) is 5.11 Å². The summed E-state index contributed by atoms with van der Waals surface area (Å²) in [5, 5.41) is 13.6. The van der Waals surface area contributed by atoms with Crippen LogP contribution in [0.5, 0.6) is 0 Å². The summed E-state index contributed by atoms with van der Waals surface area (Å²) in [4.78, 5) is 22.6. The van der Waals surface area contributed by atoms with E-state index < -0.39 is 17.5 Å². The number of hydrogen-bond acceptors (Lipinski definition) is 3. The van der Waals surface area contributed by atoms with E-state index in [1.807, 2.05) is 0 Å². The summed E-state index contributed by atoms with van der Waals surface area (Å²) in [7, 11) is 0. The minimum absolute atomic E-state index is 0.0881. The van der Waals surface area contributed by atoms with Gasteiger partial charge < -0.3 is 15.7 Å². The first-order chi connectivity index (χ1) is 9.70. The highest BCUT2D eigenvalue weighted by molar-refractivity contribution is 8.00. The Balaban J connectivity index is 2.58. The maximum absolute atomic E-state index is 11.9. The first kappa shape index (κ1) is 17.2. The Morgan fingerprint density at radius 2 is 2.00 bits per heavy atom. The highest BCUT2D eigenvalue weighted by atomic mass is 32.2. The molecule has 3 N–H and O–H groups in total. The monoisotopic (exact) mass is 322 g/mol. The van der Waals surface area contributed by atoms with Gasteiger partial charge in [0.25, 0.3) is 0 Å². The van der Waals surface area contributed by atoms with E-state index in [9.17, 15) is 22.8 Å². The van der Waals surface area contributed by atoms with Crippen molar-refractivity contribution in [3.05, 3.63) is 29.3 Å². The molecule has 0 bridgehead atoms. The van der Waals surface area contributed by atoms with Crippen LogP contribution >= 0.6 is 11.8 Å². The number of hydrogen-bond donors (Lipinski definition) is 3. The lowest BCUT2D eigenvalue weighted by molar-refractivity contribution is -0.0327. The number of carbonyl (C=O) groups is 2. The van der Waals surface area contributed by atoms with Crippen molar-refractivity contribution in [3.63, 3.8) is 0 Å². The van der Waals surface area contributed by atoms with Crippen molar-refractivity contribution in [3.8, 4) is 0 Å². The van der Waals surface area contributed by atoms with E-state index >= 15 is 0 Å². The summed E-state index contributed by atoms with van der Waals surface area (Å²) in [5.74, 6) is -1.53. The zero-order valence-corrected chi connectivity index (χ0v) is 11.8. The van der Waals surface area contributed by atoms with Crippen molar-refractivity contribution in [1.29, 1.82) is 0 Å². The smallest absolute Gasteiger partial charge is 0.441 e. The molecule has 116 valence electrons. The fourth-order valence-electron chi connectivity index (χ4n) is 1.50. The second kappa shape index (κ2) is 7.21. The number of halogens is 3. The van der Waals surface area contributed by atoms with Crippen LogP contribution in [0, 0.1) is 6.92 Å². The molecule has 0 atom stereocenters. The van der Waals surface area contributed by atoms with Gasteiger partial charge in [0.15, 0.2) is 0 Å². The summed E-state index contributed by atoms with van der Waals surface area (Å²) in [6, 6.07) is 3.71. The van der Waals surface area contributed by atoms with Crippen molar-refractivity contribution < 1.29 is 27.9 Å². The van der Waals surface area contributed by atoms with E-state index in [2.05, 4.69) is 10.6 Å². The second-order valence-electron chi connectivity index (χ2n) is 3.98. The predicted molar refractivity (Wildman–Crippen MR) is 73.7 cm³/mol. The molecule has 0 saturated heterocycles. The number of alkyl halides is 3. The molecule has 0 radical (unpaired) electrons. The van der Waals surface area contributed by atoms with Gasteiger partial charge in [-0.05, 0) is 30.3 Å². The van der Waals surface area contributed by atoms with Crippen LogP contribution in [0.1, 0.15) is 15.9 Å². The maximum Gasteiger partial charge on any atom is 0.441 e. The average molecular weight is 322 g/mol. The van der Waals surface area contributed by atoms with Crippen molar-refractivity contribution in [2.75, 3.05) is 17.6 Å².